The molecule has 0 unspecified atom stereocenters. The number of carbonyl (C=O) groups is 1. The lowest BCUT2D eigenvalue weighted by Gasteiger charge is -2.10. The highest BCUT2D eigenvalue weighted by Crippen LogP contribution is 2.25. The number of benzene rings is 2. The van der Waals surface area contributed by atoms with Crippen molar-refractivity contribution in [3.63, 3.8) is 0 Å². The van der Waals surface area contributed by atoms with E-state index < -0.39 is 0 Å². The molecule has 0 aliphatic rings. The Hall–Kier alpha value is -2.60. The van der Waals surface area contributed by atoms with Crippen LogP contribution in [0, 0.1) is 0 Å². The normalized spacial score (nSPS) is 10.6. The van der Waals surface area contributed by atoms with Crippen LogP contribution in [0.2, 0.25) is 0 Å². The third-order valence-corrected chi connectivity index (χ3v) is 4.29. The van der Waals surface area contributed by atoms with Crippen LogP contribution in [-0.2, 0) is 5.75 Å². The zero-order valence-electron chi connectivity index (χ0n) is 13.5. The maximum atomic E-state index is 11.9. The Bertz CT molecular complexity index is 814. The maximum Gasteiger partial charge on any atom is 0.277 e. The predicted molar refractivity (Wildman–Crippen MR) is 93.8 cm³/mol. The summed E-state index contributed by atoms with van der Waals surface area (Å²) in [4.78, 5) is 13.4. The second-order valence-corrected chi connectivity index (χ2v) is 6.35. The van der Waals surface area contributed by atoms with Crippen LogP contribution in [0.25, 0.3) is 11.5 Å². The van der Waals surface area contributed by atoms with Crippen molar-refractivity contribution in [2.45, 2.75) is 11.0 Å². The van der Waals surface area contributed by atoms with Crippen molar-refractivity contribution >= 4 is 17.7 Å². The van der Waals surface area contributed by atoms with Crippen LogP contribution in [0.5, 0.6) is 0 Å². The van der Waals surface area contributed by atoms with Gasteiger partial charge in [-0.1, -0.05) is 42.1 Å². The van der Waals surface area contributed by atoms with E-state index in [9.17, 15) is 4.79 Å². The fraction of sp³-hybridized carbons (Fsp3) is 0.167. The number of hydrogen-bond acceptors (Lipinski definition) is 5. The first-order valence-corrected chi connectivity index (χ1v) is 8.44. The summed E-state index contributed by atoms with van der Waals surface area (Å²) in [7, 11) is 3.48. The molecule has 1 heterocycles. The van der Waals surface area contributed by atoms with Crippen LogP contribution in [0.1, 0.15) is 15.9 Å². The summed E-state index contributed by atoms with van der Waals surface area (Å²) in [5.41, 5.74) is 2.68. The Morgan fingerprint density at radius 2 is 1.75 bits per heavy atom. The van der Waals surface area contributed by atoms with Crippen molar-refractivity contribution < 1.29 is 9.21 Å². The van der Waals surface area contributed by atoms with E-state index in [1.807, 2.05) is 54.6 Å². The first kappa shape index (κ1) is 16.3. The monoisotopic (exact) mass is 339 g/mol. The van der Waals surface area contributed by atoms with E-state index in [1.165, 1.54) is 11.8 Å². The second-order valence-electron chi connectivity index (χ2n) is 5.42. The molecule has 0 fully saturated rings. The molecular weight excluding hydrogens is 322 g/mol. The third kappa shape index (κ3) is 3.83. The van der Waals surface area contributed by atoms with E-state index in [2.05, 4.69) is 10.2 Å². The fourth-order valence-electron chi connectivity index (χ4n) is 2.11. The minimum Gasteiger partial charge on any atom is -0.411 e. The van der Waals surface area contributed by atoms with Gasteiger partial charge < -0.3 is 9.32 Å². The highest BCUT2D eigenvalue weighted by atomic mass is 32.2. The Morgan fingerprint density at radius 1 is 1.04 bits per heavy atom. The molecule has 0 atom stereocenters. The Morgan fingerprint density at radius 3 is 2.42 bits per heavy atom. The van der Waals surface area contributed by atoms with Crippen molar-refractivity contribution in [3.8, 4) is 11.5 Å². The molecular formula is C18H17N3O2S. The van der Waals surface area contributed by atoms with Gasteiger partial charge in [-0.25, -0.2) is 0 Å². The molecule has 0 saturated heterocycles. The summed E-state index contributed by atoms with van der Waals surface area (Å²) in [6, 6.07) is 17.2. The summed E-state index contributed by atoms with van der Waals surface area (Å²) >= 11 is 1.47. The standard InChI is InChI=1S/C18H17N3O2S/c1-21(2)17(22)15-10-8-13(9-11-15)12-24-18-20-19-16(23-18)14-6-4-3-5-7-14/h3-11H,12H2,1-2H3. The molecule has 1 amide bonds. The van der Waals surface area contributed by atoms with Crippen LogP contribution < -0.4 is 0 Å². The molecule has 0 spiro atoms. The molecule has 0 aliphatic heterocycles. The topological polar surface area (TPSA) is 59.2 Å². The fourth-order valence-corrected chi connectivity index (χ4v) is 2.83. The van der Waals surface area contributed by atoms with Gasteiger partial charge in [0.1, 0.15) is 0 Å². The van der Waals surface area contributed by atoms with E-state index in [0.29, 0.717) is 22.4 Å². The summed E-state index contributed by atoms with van der Waals surface area (Å²) in [5, 5.41) is 8.66. The summed E-state index contributed by atoms with van der Waals surface area (Å²) in [5.74, 6) is 1.22. The molecule has 3 rings (SSSR count). The van der Waals surface area contributed by atoms with Gasteiger partial charge in [0.2, 0.25) is 5.89 Å². The van der Waals surface area contributed by atoms with E-state index in [-0.39, 0.29) is 5.91 Å². The summed E-state index contributed by atoms with van der Waals surface area (Å²) in [6.45, 7) is 0. The molecule has 122 valence electrons. The van der Waals surface area contributed by atoms with E-state index >= 15 is 0 Å². The SMILES string of the molecule is CN(C)C(=O)c1ccc(CSc2nnc(-c3ccccc3)o2)cc1. The van der Waals surface area contributed by atoms with Crippen molar-refractivity contribution in [2.24, 2.45) is 0 Å². The molecule has 3 aromatic rings. The Kier molecular flexibility index (Phi) is 4.96. The van der Waals surface area contributed by atoms with Gasteiger partial charge in [0.15, 0.2) is 0 Å². The lowest BCUT2D eigenvalue weighted by atomic mass is 10.1. The number of thioether (sulfide) groups is 1. The van der Waals surface area contributed by atoms with Gasteiger partial charge in [-0.2, -0.15) is 0 Å². The first-order valence-electron chi connectivity index (χ1n) is 7.46. The van der Waals surface area contributed by atoms with Crippen LogP contribution in [0.15, 0.2) is 64.2 Å². The second kappa shape index (κ2) is 7.31. The van der Waals surface area contributed by atoms with E-state index in [4.69, 9.17) is 4.42 Å². The van der Waals surface area contributed by atoms with Gasteiger partial charge in [0.05, 0.1) is 0 Å². The van der Waals surface area contributed by atoms with Crippen molar-refractivity contribution in [2.75, 3.05) is 14.1 Å². The van der Waals surface area contributed by atoms with Gasteiger partial charge in [0, 0.05) is 31.0 Å². The van der Waals surface area contributed by atoms with Gasteiger partial charge in [0.25, 0.3) is 11.1 Å². The number of nitrogens with zero attached hydrogens (tertiary/aromatic N) is 3. The van der Waals surface area contributed by atoms with Crippen molar-refractivity contribution in [1.82, 2.24) is 15.1 Å². The Balaban J connectivity index is 1.62. The lowest BCUT2D eigenvalue weighted by Crippen LogP contribution is -2.21. The smallest absolute Gasteiger partial charge is 0.277 e. The average molecular weight is 339 g/mol. The summed E-state index contributed by atoms with van der Waals surface area (Å²) < 4.78 is 5.66. The molecule has 0 bridgehead atoms. The molecule has 1 aromatic heterocycles. The molecule has 0 N–H and O–H groups in total. The first-order chi connectivity index (χ1) is 11.6. The van der Waals surface area contributed by atoms with Crippen LogP contribution in [0.4, 0.5) is 0 Å². The zero-order valence-corrected chi connectivity index (χ0v) is 14.3. The Labute approximate surface area is 144 Å². The largest absolute Gasteiger partial charge is 0.411 e. The van der Waals surface area contributed by atoms with Gasteiger partial charge >= 0.3 is 0 Å². The number of hydrogen-bond donors (Lipinski definition) is 0. The predicted octanol–water partition coefficient (Wildman–Crippen LogP) is 3.73. The number of aromatic nitrogens is 2. The van der Waals surface area contributed by atoms with Gasteiger partial charge in [-0.05, 0) is 29.8 Å². The summed E-state index contributed by atoms with van der Waals surface area (Å²) in [6.07, 6.45) is 0. The van der Waals surface area contributed by atoms with Crippen LogP contribution in [0.3, 0.4) is 0 Å². The molecule has 5 nitrogen and oxygen atoms in total. The highest BCUT2D eigenvalue weighted by molar-refractivity contribution is 7.98. The van der Waals surface area contributed by atoms with E-state index in [1.54, 1.807) is 19.0 Å². The molecule has 0 aliphatic carbocycles. The van der Waals surface area contributed by atoms with Gasteiger partial charge in [-0.15, -0.1) is 10.2 Å². The van der Waals surface area contributed by atoms with Crippen LogP contribution >= 0.6 is 11.8 Å². The van der Waals surface area contributed by atoms with Crippen molar-refractivity contribution in [3.05, 3.63) is 65.7 Å². The third-order valence-electron chi connectivity index (χ3n) is 3.40. The average Bonchev–Trinajstić information content (AvgIpc) is 3.09. The van der Waals surface area contributed by atoms with Gasteiger partial charge in [-0.3, -0.25) is 4.79 Å². The highest BCUT2D eigenvalue weighted by Gasteiger charge is 2.10. The number of carbonyl (C=O) groups excluding carboxylic acids is 1. The van der Waals surface area contributed by atoms with Crippen molar-refractivity contribution in [1.29, 1.82) is 0 Å². The van der Waals surface area contributed by atoms with Crippen LogP contribution in [-0.4, -0.2) is 35.1 Å². The lowest BCUT2D eigenvalue weighted by molar-refractivity contribution is 0.0827. The minimum absolute atomic E-state index is 0.00129. The minimum atomic E-state index is -0.00129. The zero-order chi connectivity index (χ0) is 16.9. The number of amides is 1. The number of rotatable bonds is 5. The molecule has 2 aromatic carbocycles. The quantitative estimate of drug-likeness (QED) is 0.663. The maximum absolute atomic E-state index is 11.9. The molecule has 0 radical (unpaired) electrons. The van der Waals surface area contributed by atoms with E-state index in [0.717, 1.165) is 11.1 Å². The molecule has 0 saturated carbocycles. The molecule has 24 heavy (non-hydrogen) atoms. The molecule has 6 heteroatoms.